The molecule has 2 rings (SSSR count). The molecule has 0 aliphatic heterocycles. The van der Waals surface area contributed by atoms with Gasteiger partial charge in [-0.1, -0.05) is 29.8 Å². The number of nitrogens with two attached hydrogens (primary N) is 1. The SMILES string of the molecule is CCOc1ccccc1C(NN)c1ccncc1Cl. The number of hydrogen-bond donors (Lipinski definition) is 2. The predicted molar refractivity (Wildman–Crippen MR) is 76.0 cm³/mol. The molecule has 100 valence electrons. The lowest BCUT2D eigenvalue weighted by molar-refractivity contribution is 0.333. The number of nitrogens with one attached hydrogen (secondary N) is 1. The summed E-state index contributed by atoms with van der Waals surface area (Å²) in [7, 11) is 0. The van der Waals surface area contributed by atoms with Gasteiger partial charge in [0.15, 0.2) is 0 Å². The summed E-state index contributed by atoms with van der Waals surface area (Å²) in [6.45, 7) is 2.54. The average molecular weight is 278 g/mol. The highest BCUT2D eigenvalue weighted by molar-refractivity contribution is 6.31. The van der Waals surface area contributed by atoms with Gasteiger partial charge < -0.3 is 4.74 Å². The van der Waals surface area contributed by atoms with Crippen LogP contribution in [0, 0.1) is 0 Å². The van der Waals surface area contributed by atoms with Crippen molar-refractivity contribution in [1.82, 2.24) is 10.4 Å². The molecule has 1 aromatic carbocycles. The third kappa shape index (κ3) is 3.04. The van der Waals surface area contributed by atoms with Crippen LogP contribution >= 0.6 is 11.6 Å². The van der Waals surface area contributed by atoms with Crippen LogP contribution < -0.4 is 16.0 Å². The molecule has 2 aromatic rings. The number of rotatable bonds is 5. The van der Waals surface area contributed by atoms with Crippen LogP contribution in [0.2, 0.25) is 5.02 Å². The van der Waals surface area contributed by atoms with Crippen LogP contribution in [0.3, 0.4) is 0 Å². The summed E-state index contributed by atoms with van der Waals surface area (Å²) in [4.78, 5) is 3.98. The van der Waals surface area contributed by atoms with Gasteiger partial charge in [0.25, 0.3) is 0 Å². The lowest BCUT2D eigenvalue weighted by Gasteiger charge is -2.20. The Kier molecular flexibility index (Phi) is 4.74. The van der Waals surface area contributed by atoms with Crippen molar-refractivity contribution < 1.29 is 4.74 Å². The fraction of sp³-hybridized carbons (Fsp3) is 0.214. The Morgan fingerprint density at radius 3 is 2.79 bits per heavy atom. The molecule has 0 fully saturated rings. The van der Waals surface area contributed by atoms with Gasteiger partial charge in [0, 0.05) is 18.0 Å². The summed E-state index contributed by atoms with van der Waals surface area (Å²) in [5.74, 6) is 6.48. The van der Waals surface area contributed by atoms with Crippen molar-refractivity contribution in [2.75, 3.05) is 6.61 Å². The van der Waals surface area contributed by atoms with Crippen molar-refractivity contribution >= 4 is 11.6 Å². The predicted octanol–water partition coefficient (Wildman–Crippen LogP) is 2.69. The summed E-state index contributed by atoms with van der Waals surface area (Å²) in [6, 6.07) is 9.35. The number of benzene rings is 1. The number of ether oxygens (including phenoxy) is 1. The minimum absolute atomic E-state index is 0.238. The molecule has 1 heterocycles. The van der Waals surface area contributed by atoms with E-state index < -0.39 is 0 Å². The van der Waals surface area contributed by atoms with Crippen LogP contribution in [0.15, 0.2) is 42.7 Å². The Bertz CT molecular complexity index is 548. The molecular weight excluding hydrogens is 262 g/mol. The maximum absolute atomic E-state index is 6.18. The largest absolute Gasteiger partial charge is 0.494 e. The lowest BCUT2D eigenvalue weighted by Crippen LogP contribution is -2.29. The fourth-order valence-corrected chi connectivity index (χ4v) is 2.20. The highest BCUT2D eigenvalue weighted by Crippen LogP contribution is 2.32. The van der Waals surface area contributed by atoms with E-state index in [0.717, 1.165) is 16.9 Å². The van der Waals surface area contributed by atoms with E-state index in [1.807, 2.05) is 37.3 Å². The van der Waals surface area contributed by atoms with Gasteiger partial charge in [-0.25, -0.2) is 5.43 Å². The van der Waals surface area contributed by atoms with Crippen molar-refractivity contribution in [1.29, 1.82) is 0 Å². The first-order valence-electron chi connectivity index (χ1n) is 6.05. The zero-order valence-corrected chi connectivity index (χ0v) is 11.4. The van der Waals surface area contributed by atoms with Crippen LogP contribution in [-0.4, -0.2) is 11.6 Å². The molecule has 5 heteroatoms. The molecule has 0 aliphatic carbocycles. The van der Waals surface area contributed by atoms with Crippen LogP contribution in [0.1, 0.15) is 24.1 Å². The Balaban J connectivity index is 2.45. The molecule has 0 saturated carbocycles. The Labute approximate surface area is 117 Å². The van der Waals surface area contributed by atoms with Gasteiger partial charge in [0.1, 0.15) is 5.75 Å². The first-order valence-corrected chi connectivity index (χ1v) is 6.43. The highest BCUT2D eigenvalue weighted by atomic mass is 35.5. The van der Waals surface area contributed by atoms with Gasteiger partial charge in [-0.15, -0.1) is 0 Å². The van der Waals surface area contributed by atoms with Crippen molar-refractivity contribution in [2.45, 2.75) is 13.0 Å². The first kappa shape index (κ1) is 13.8. The molecule has 19 heavy (non-hydrogen) atoms. The van der Waals surface area contributed by atoms with Gasteiger partial charge in [-0.2, -0.15) is 0 Å². The number of para-hydroxylation sites is 1. The Morgan fingerprint density at radius 1 is 1.32 bits per heavy atom. The summed E-state index contributed by atoms with van der Waals surface area (Å²) >= 11 is 6.18. The van der Waals surface area contributed by atoms with Crippen LogP contribution in [0.4, 0.5) is 0 Å². The maximum Gasteiger partial charge on any atom is 0.124 e. The molecule has 3 N–H and O–H groups in total. The second kappa shape index (κ2) is 6.52. The molecule has 1 aromatic heterocycles. The topological polar surface area (TPSA) is 60.2 Å². The van der Waals surface area contributed by atoms with Gasteiger partial charge in [-0.05, 0) is 24.6 Å². The normalized spacial score (nSPS) is 12.2. The molecule has 4 nitrogen and oxygen atoms in total. The maximum atomic E-state index is 6.18. The van der Waals surface area contributed by atoms with Crippen molar-refractivity contribution in [2.24, 2.45) is 5.84 Å². The van der Waals surface area contributed by atoms with Crippen molar-refractivity contribution in [3.8, 4) is 5.75 Å². The summed E-state index contributed by atoms with van der Waals surface area (Å²) in [6.07, 6.45) is 3.29. The molecular formula is C14H16ClN3O. The van der Waals surface area contributed by atoms with E-state index in [-0.39, 0.29) is 6.04 Å². The van der Waals surface area contributed by atoms with E-state index in [2.05, 4.69) is 10.4 Å². The third-order valence-electron chi connectivity index (χ3n) is 2.81. The van der Waals surface area contributed by atoms with Gasteiger partial charge in [0.05, 0.1) is 17.7 Å². The van der Waals surface area contributed by atoms with E-state index in [0.29, 0.717) is 11.6 Å². The van der Waals surface area contributed by atoms with E-state index in [1.165, 1.54) is 0 Å². The third-order valence-corrected chi connectivity index (χ3v) is 3.13. The molecule has 0 spiro atoms. The quantitative estimate of drug-likeness (QED) is 0.652. The lowest BCUT2D eigenvalue weighted by atomic mass is 9.99. The average Bonchev–Trinajstić information content (AvgIpc) is 2.44. The zero-order valence-electron chi connectivity index (χ0n) is 10.6. The molecule has 0 saturated heterocycles. The van der Waals surface area contributed by atoms with Crippen molar-refractivity contribution in [3.63, 3.8) is 0 Å². The Hall–Kier alpha value is -1.62. The minimum Gasteiger partial charge on any atom is -0.494 e. The molecule has 0 aliphatic rings. The molecule has 0 amide bonds. The van der Waals surface area contributed by atoms with Crippen LogP contribution in [0.5, 0.6) is 5.75 Å². The summed E-state index contributed by atoms with van der Waals surface area (Å²) < 4.78 is 5.63. The van der Waals surface area contributed by atoms with E-state index in [9.17, 15) is 0 Å². The standard InChI is InChI=1S/C14H16ClN3O/c1-2-19-13-6-4-3-5-11(13)14(18-16)10-7-8-17-9-12(10)15/h3-9,14,18H,2,16H2,1H3. The van der Waals surface area contributed by atoms with Crippen molar-refractivity contribution in [3.05, 3.63) is 58.9 Å². The van der Waals surface area contributed by atoms with Crippen LogP contribution in [-0.2, 0) is 0 Å². The minimum atomic E-state index is -0.238. The molecule has 0 radical (unpaired) electrons. The second-order valence-electron chi connectivity index (χ2n) is 3.97. The number of hydrazine groups is 1. The van der Waals surface area contributed by atoms with Gasteiger partial charge >= 0.3 is 0 Å². The van der Waals surface area contributed by atoms with E-state index >= 15 is 0 Å². The van der Waals surface area contributed by atoms with E-state index in [4.69, 9.17) is 22.2 Å². The first-order chi connectivity index (χ1) is 9.27. The summed E-state index contributed by atoms with van der Waals surface area (Å²) in [5.41, 5.74) is 4.59. The van der Waals surface area contributed by atoms with Gasteiger partial charge in [-0.3, -0.25) is 10.8 Å². The Morgan fingerprint density at radius 2 is 2.11 bits per heavy atom. The van der Waals surface area contributed by atoms with E-state index in [1.54, 1.807) is 12.4 Å². The number of aromatic nitrogens is 1. The summed E-state index contributed by atoms with van der Waals surface area (Å²) in [5, 5.41) is 0.566. The number of halogens is 1. The monoisotopic (exact) mass is 277 g/mol. The second-order valence-corrected chi connectivity index (χ2v) is 4.37. The zero-order chi connectivity index (χ0) is 13.7. The molecule has 1 atom stereocenters. The fourth-order valence-electron chi connectivity index (χ4n) is 1.97. The highest BCUT2D eigenvalue weighted by Gasteiger charge is 2.19. The molecule has 0 bridgehead atoms. The molecule has 1 unspecified atom stereocenters. The van der Waals surface area contributed by atoms with Crippen LogP contribution in [0.25, 0.3) is 0 Å². The smallest absolute Gasteiger partial charge is 0.124 e. The number of hydrogen-bond acceptors (Lipinski definition) is 4. The number of pyridine rings is 1. The van der Waals surface area contributed by atoms with Gasteiger partial charge in [0.2, 0.25) is 0 Å². The number of nitrogens with zero attached hydrogens (tertiary/aromatic N) is 1.